The minimum absolute atomic E-state index is 0.758. The molecule has 1 aromatic heterocycles. The summed E-state index contributed by atoms with van der Waals surface area (Å²) in [5, 5.41) is 4.17. The molecule has 1 atom stereocenters. The molecule has 0 aliphatic rings. The number of nitrogens with zero attached hydrogens (tertiary/aromatic N) is 1. The van der Waals surface area contributed by atoms with Gasteiger partial charge in [0.15, 0.2) is 0 Å². The van der Waals surface area contributed by atoms with Crippen molar-refractivity contribution in [1.29, 1.82) is 0 Å². The predicted octanol–water partition coefficient (Wildman–Crippen LogP) is 2.37. The Labute approximate surface area is 88.2 Å². The van der Waals surface area contributed by atoms with E-state index in [0.29, 0.717) is 0 Å². The van der Waals surface area contributed by atoms with Crippen LogP contribution < -0.4 is 5.32 Å². The Balaban J connectivity index is 2.02. The molecule has 0 saturated heterocycles. The minimum Gasteiger partial charge on any atom is -0.312 e. The molecule has 0 radical (unpaired) electrons. The second-order valence-corrected chi connectivity index (χ2v) is 5.23. The van der Waals surface area contributed by atoms with Crippen LogP contribution in [0.25, 0.3) is 0 Å². The molecule has 1 unspecified atom stereocenters. The van der Waals surface area contributed by atoms with Crippen LogP contribution in [-0.2, 0) is 6.54 Å². The monoisotopic (exact) mass is 216 g/mol. The number of hydrogen-bond acceptors (Lipinski definition) is 4. The zero-order valence-corrected chi connectivity index (χ0v) is 9.75. The van der Waals surface area contributed by atoms with E-state index in [1.165, 1.54) is 11.3 Å². The summed E-state index contributed by atoms with van der Waals surface area (Å²) in [6, 6.07) is 0. The normalized spacial score (nSPS) is 13.1. The van der Waals surface area contributed by atoms with Gasteiger partial charge in [0.1, 0.15) is 0 Å². The average molecular weight is 216 g/mol. The van der Waals surface area contributed by atoms with Crippen LogP contribution in [0.1, 0.15) is 18.2 Å². The highest BCUT2D eigenvalue weighted by molar-refractivity contribution is 7.99. The van der Waals surface area contributed by atoms with Crippen LogP contribution >= 0.6 is 23.1 Å². The van der Waals surface area contributed by atoms with E-state index < -0.39 is 0 Å². The van der Waals surface area contributed by atoms with E-state index in [4.69, 9.17) is 0 Å². The average Bonchev–Trinajstić information content (AvgIpc) is 2.64. The third-order valence-electron chi connectivity index (χ3n) is 1.91. The van der Waals surface area contributed by atoms with Crippen molar-refractivity contribution >= 4 is 23.1 Å². The van der Waals surface area contributed by atoms with Crippen molar-refractivity contribution in [2.75, 3.05) is 12.8 Å². The summed E-state index contributed by atoms with van der Waals surface area (Å²) < 4.78 is 0. The maximum absolute atomic E-state index is 4.03. The van der Waals surface area contributed by atoms with Crippen molar-refractivity contribution < 1.29 is 0 Å². The SMILES string of the molecule is CSC(C)CCNCc1cncs1. The zero-order chi connectivity index (χ0) is 9.52. The van der Waals surface area contributed by atoms with Gasteiger partial charge in [-0.3, -0.25) is 4.98 Å². The largest absolute Gasteiger partial charge is 0.312 e. The molecular formula is C9H16N2S2. The molecule has 74 valence electrons. The number of aromatic nitrogens is 1. The Bertz CT molecular complexity index is 211. The van der Waals surface area contributed by atoms with Crippen LogP contribution in [0.2, 0.25) is 0 Å². The van der Waals surface area contributed by atoms with Gasteiger partial charge in [0.2, 0.25) is 0 Å². The molecule has 0 fully saturated rings. The molecule has 0 aromatic carbocycles. The molecular weight excluding hydrogens is 200 g/mol. The highest BCUT2D eigenvalue weighted by Gasteiger charge is 1.98. The van der Waals surface area contributed by atoms with Crippen molar-refractivity contribution in [2.24, 2.45) is 0 Å². The molecule has 0 aliphatic heterocycles. The van der Waals surface area contributed by atoms with E-state index >= 15 is 0 Å². The Morgan fingerprint density at radius 2 is 2.54 bits per heavy atom. The van der Waals surface area contributed by atoms with Crippen LogP contribution in [-0.4, -0.2) is 23.0 Å². The van der Waals surface area contributed by atoms with Crippen LogP contribution in [0.5, 0.6) is 0 Å². The molecule has 0 bridgehead atoms. The fourth-order valence-electron chi connectivity index (χ4n) is 0.964. The van der Waals surface area contributed by atoms with Crippen molar-refractivity contribution in [2.45, 2.75) is 25.1 Å². The second-order valence-electron chi connectivity index (χ2n) is 2.98. The summed E-state index contributed by atoms with van der Waals surface area (Å²) >= 11 is 3.63. The van der Waals surface area contributed by atoms with Gasteiger partial charge in [0.25, 0.3) is 0 Å². The Hall–Kier alpha value is -0.0600. The molecule has 4 heteroatoms. The summed E-state index contributed by atoms with van der Waals surface area (Å²) in [6.45, 7) is 4.32. The van der Waals surface area contributed by atoms with Crippen molar-refractivity contribution in [3.63, 3.8) is 0 Å². The molecule has 1 heterocycles. The topological polar surface area (TPSA) is 24.9 Å². The van der Waals surface area contributed by atoms with Crippen molar-refractivity contribution in [3.8, 4) is 0 Å². The summed E-state index contributed by atoms with van der Waals surface area (Å²) in [5.74, 6) is 0. The van der Waals surface area contributed by atoms with Gasteiger partial charge in [-0.2, -0.15) is 11.8 Å². The van der Waals surface area contributed by atoms with E-state index in [-0.39, 0.29) is 0 Å². The molecule has 0 spiro atoms. The lowest BCUT2D eigenvalue weighted by Crippen LogP contribution is -2.16. The molecule has 0 aliphatic carbocycles. The lowest BCUT2D eigenvalue weighted by molar-refractivity contribution is 0.652. The fourth-order valence-corrected chi connectivity index (χ4v) is 1.88. The summed E-state index contributed by atoms with van der Waals surface area (Å²) in [6.07, 6.45) is 5.32. The van der Waals surface area contributed by atoms with E-state index in [9.17, 15) is 0 Å². The molecule has 13 heavy (non-hydrogen) atoms. The summed E-state index contributed by atoms with van der Waals surface area (Å²) in [4.78, 5) is 5.34. The maximum Gasteiger partial charge on any atom is 0.0794 e. The minimum atomic E-state index is 0.758. The number of thioether (sulfide) groups is 1. The number of rotatable bonds is 6. The fraction of sp³-hybridized carbons (Fsp3) is 0.667. The van der Waals surface area contributed by atoms with Gasteiger partial charge in [0, 0.05) is 22.9 Å². The lowest BCUT2D eigenvalue weighted by atomic mass is 10.3. The standard InChI is InChI=1S/C9H16N2S2/c1-8(12-2)3-4-10-5-9-6-11-7-13-9/h6-8,10H,3-5H2,1-2H3. The Kier molecular flexibility index (Phi) is 5.43. The Morgan fingerprint density at radius 1 is 1.69 bits per heavy atom. The smallest absolute Gasteiger partial charge is 0.0794 e. The van der Waals surface area contributed by atoms with Crippen LogP contribution in [0, 0.1) is 0 Å². The van der Waals surface area contributed by atoms with Gasteiger partial charge in [0.05, 0.1) is 5.51 Å². The predicted molar refractivity (Wildman–Crippen MR) is 61.4 cm³/mol. The molecule has 1 rings (SSSR count). The highest BCUT2D eigenvalue weighted by atomic mass is 32.2. The van der Waals surface area contributed by atoms with E-state index in [1.807, 2.05) is 23.5 Å². The first-order valence-corrected chi connectivity index (χ1v) is 6.60. The van der Waals surface area contributed by atoms with Gasteiger partial charge in [-0.1, -0.05) is 6.92 Å². The van der Waals surface area contributed by atoms with E-state index in [2.05, 4.69) is 23.5 Å². The van der Waals surface area contributed by atoms with Crippen LogP contribution in [0.15, 0.2) is 11.7 Å². The quantitative estimate of drug-likeness (QED) is 0.739. The van der Waals surface area contributed by atoms with Crippen molar-refractivity contribution in [1.82, 2.24) is 10.3 Å². The zero-order valence-electron chi connectivity index (χ0n) is 8.12. The van der Waals surface area contributed by atoms with Gasteiger partial charge in [-0.25, -0.2) is 0 Å². The molecule has 1 N–H and O–H groups in total. The second kappa shape index (κ2) is 6.40. The van der Waals surface area contributed by atoms with Gasteiger partial charge >= 0.3 is 0 Å². The number of hydrogen-bond donors (Lipinski definition) is 1. The first-order chi connectivity index (χ1) is 6.33. The van der Waals surface area contributed by atoms with Crippen molar-refractivity contribution in [3.05, 3.63) is 16.6 Å². The van der Waals surface area contributed by atoms with E-state index in [1.54, 1.807) is 11.3 Å². The maximum atomic E-state index is 4.03. The molecule has 2 nitrogen and oxygen atoms in total. The number of nitrogens with one attached hydrogen (secondary N) is 1. The summed E-state index contributed by atoms with van der Waals surface area (Å²) in [5.41, 5.74) is 1.88. The molecule has 0 saturated carbocycles. The highest BCUT2D eigenvalue weighted by Crippen LogP contribution is 2.08. The lowest BCUT2D eigenvalue weighted by Gasteiger charge is -2.07. The molecule has 1 aromatic rings. The van der Waals surface area contributed by atoms with Crippen LogP contribution in [0.3, 0.4) is 0 Å². The summed E-state index contributed by atoms with van der Waals surface area (Å²) in [7, 11) is 0. The van der Waals surface area contributed by atoms with Gasteiger partial charge < -0.3 is 5.32 Å². The first-order valence-electron chi connectivity index (χ1n) is 4.44. The Morgan fingerprint density at radius 3 is 3.15 bits per heavy atom. The van der Waals surface area contributed by atoms with E-state index in [0.717, 1.165) is 18.3 Å². The number of thiazole rings is 1. The van der Waals surface area contributed by atoms with Crippen LogP contribution in [0.4, 0.5) is 0 Å². The van der Waals surface area contributed by atoms with Gasteiger partial charge in [-0.15, -0.1) is 11.3 Å². The third kappa shape index (κ3) is 4.64. The third-order valence-corrected chi connectivity index (χ3v) is 3.73. The van der Waals surface area contributed by atoms with Gasteiger partial charge in [-0.05, 0) is 19.2 Å². The first kappa shape index (κ1) is 11.0. The molecule has 0 amide bonds.